The van der Waals surface area contributed by atoms with E-state index in [1.807, 2.05) is 88.0 Å². The third-order valence-electron chi connectivity index (χ3n) is 5.97. The van der Waals surface area contributed by atoms with E-state index in [0.717, 1.165) is 33.9 Å². The Kier molecular flexibility index (Phi) is 7.00. The summed E-state index contributed by atoms with van der Waals surface area (Å²) in [6, 6.07) is 15.4. The molecule has 1 aromatic heterocycles. The van der Waals surface area contributed by atoms with Crippen molar-refractivity contribution in [3.05, 3.63) is 71.0 Å². The van der Waals surface area contributed by atoms with Crippen LogP contribution in [0.3, 0.4) is 0 Å². The summed E-state index contributed by atoms with van der Waals surface area (Å²) >= 11 is 0. The third-order valence-corrected chi connectivity index (χ3v) is 5.97. The number of aromatic nitrogens is 2. The van der Waals surface area contributed by atoms with Gasteiger partial charge in [0, 0.05) is 35.0 Å². The van der Waals surface area contributed by atoms with Crippen LogP contribution in [0.4, 0.5) is 27.8 Å². The van der Waals surface area contributed by atoms with Crippen LogP contribution < -0.4 is 15.1 Å². The summed E-state index contributed by atoms with van der Waals surface area (Å²) in [5.74, 6) is 0.596. The van der Waals surface area contributed by atoms with Crippen LogP contribution in [0.1, 0.15) is 35.9 Å². The molecule has 182 valence electrons. The van der Waals surface area contributed by atoms with Gasteiger partial charge in [-0.05, 0) is 82.1 Å². The Morgan fingerprint density at radius 3 is 2.40 bits per heavy atom. The zero-order valence-electron chi connectivity index (χ0n) is 20.8. The van der Waals surface area contributed by atoms with Crippen molar-refractivity contribution in [1.29, 1.82) is 0 Å². The van der Waals surface area contributed by atoms with Gasteiger partial charge in [-0.3, -0.25) is 10.1 Å². The predicted octanol–water partition coefficient (Wildman–Crippen LogP) is 5.22. The molecule has 4 rings (SSSR count). The number of hydrogen-bond donors (Lipinski definition) is 1. The topological polar surface area (TPSA) is 87.7 Å². The van der Waals surface area contributed by atoms with Gasteiger partial charge in [-0.15, -0.1) is 0 Å². The van der Waals surface area contributed by atoms with E-state index in [9.17, 15) is 9.59 Å². The predicted molar refractivity (Wildman–Crippen MR) is 137 cm³/mol. The Bertz CT molecular complexity index is 1220. The minimum absolute atomic E-state index is 0.0471. The highest BCUT2D eigenvalue weighted by Gasteiger charge is 2.34. The van der Waals surface area contributed by atoms with Crippen LogP contribution in [0, 0.1) is 27.7 Å². The molecule has 1 N–H and O–H groups in total. The van der Waals surface area contributed by atoms with E-state index in [1.165, 1.54) is 0 Å². The van der Waals surface area contributed by atoms with Crippen LogP contribution in [0.2, 0.25) is 0 Å². The van der Waals surface area contributed by atoms with E-state index in [1.54, 1.807) is 4.90 Å². The number of ether oxygens (including phenoxy) is 1. The van der Waals surface area contributed by atoms with Gasteiger partial charge < -0.3 is 14.5 Å². The molecule has 2 aromatic carbocycles. The van der Waals surface area contributed by atoms with Crippen molar-refractivity contribution in [1.82, 2.24) is 9.97 Å². The summed E-state index contributed by atoms with van der Waals surface area (Å²) in [6.07, 6.45) is -0.913. The molecule has 8 nitrogen and oxygen atoms in total. The molecule has 1 saturated heterocycles. The first-order chi connectivity index (χ1) is 16.7. The first-order valence-electron chi connectivity index (χ1n) is 11.8. The largest absolute Gasteiger partial charge is 0.444 e. The average Bonchev–Trinajstić information content (AvgIpc) is 3.16. The number of carbonyl (C=O) groups is 2. The number of nitrogens with zero attached hydrogens (tertiary/aromatic N) is 4. The molecule has 0 bridgehead atoms. The van der Waals surface area contributed by atoms with Gasteiger partial charge in [-0.1, -0.05) is 12.1 Å². The Balaban J connectivity index is 1.38. The van der Waals surface area contributed by atoms with Gasteiger partial charge in [0.1, 0.15) is 6.10 Å². The van der Waals surface area contributed by atoms with E-state index >= 15 is 0 Å². The zero-order valence-corrected chi connectivity index (χ0v) is 20.8. The maximum absolute atomic E-state index is 12.6. The Morgan fingerprint density at radius 2 is 1.74 bits per heavy atom. The van der Waals surface area contributed by atoms with Crippen LogP contribution in [-0.4, -0.2) is 41.2 Å². The van der Waals surface area contributed by atoms with Crippen LogP contribution in [0.15, 0.2) is 48.5 Å². The summed E-state index contributed by atoms with van der Waals surface area (Å²) < 4.78 is 5.56. The minimum Gasteiger partial charge on any atom is -0.444 e. The first-order valence-corrected chi connectivity index (χ1v) is 11.8. The van der Waals surface area contributed by atoms with E-state index in [4.69, 9.17) is 4.74 Å². The number of hydrogen-bond acceptors (Lipinski definition) is 6. The minimum atomic E-state index is -0.580. The van der Waals surface area contributed by atoms with E-state index in [-0.39, 0.29) is 12.3 Å². The second kappa shape index (κ2) is 10.1. The number of amides is 2. The van der Waals surface area contributed by atoms with Crippen molar-refractivity contribution in [2.24, 2.45) is 0 Å². The highest BCUT2D eigenvalue weighted by molar-refractivity contribution is 5.97. The fourth-order valence-electron chi connectivity index (χ4n) is 4.29. The Hall–Kier alpha value is -3.94. The molecule has 1 fully saturated rings. The smallest absolute Gasteiger partial charge is 0.411 e. The van der Waals surface area contributed by atoms with Gasteiger partial charge in [0.25, 0.3) is 0 Å². The lowest BCUT2D eigenvalue weighted by atomic mass is 10.1. The second-order valence-corrected chi connectivity index (χ2v) is 8.89. The quantitative estimate of drug-likeness (QED) is 0.528. The van der Waals surface area contributed by atoms with Gasteiger partial charge >= 0.3 is 6.09 Å². The van der Waals surface area contributed by atoms with E-state index in [0.29, 0.717) is 24.7 Å². The van der Waals surface area contributed by atoms with Crippen LogP contribution in [-0.2, 0) is 9.53 Å². The number of nitrogens with one attached hydrogen (secondary N) is 1. The van der Waals surface area contributed by atoms with Crippen LogP contribution in [0.5, 0.6) is 0 Å². The molecule has 0 radical (unpaired) electrons. The molecule has 35 heavy (non-hydrogen) atoms. The lowest BCUT2D eigenvalue weighted by Gasteiger charge is -2.22. The fourth-order valence-corrected chi connectivity index (χ4v) is 4.29. The zero-order chi connectivity index (χ0) is 25.1. The molecule has 1 aliphatic heterocycles. The SMILES string of the molecule is CCN(c1ccc(NC(=O)OC2CC(=O)N(c3cc(C)ccc3C)C2)cc1)c1nc(C)cc(C)n1. The molecule has 1 aliphatic rings. The lowest BCUT2D eigenvalue weighted by molar-refractivity contribution is -0.117. The number of carbonyl (C=O) groups excluding carboxylic acids is 2. The van der Waals surface area contributed by atoms with E-state index in [2.05, 4.69) is 15.3 Å². The molecule has 0 saturated carbocycles. The monoisotopic (exact) mass is 473 g/mol. The number of benzene rings is 2. The number of anilines is 4. The highest BCUT2D eigenvalue weighted by atomic mass is 16.6. The molecule has 0 spiro atoms. The van der Waals surface area contributed by atoms with Crippen molar-refractivity contribution in [3.8, 4) is 0 Å². The third kappa shape index (κ3) is 5.59. The highest BCUT2D eigenvalue weighted by Crippen LogP contribution is 2.28. The van der Waals surface area contributed by atoms with Crippen molar-refractivity contribution >= 4 is 35.0 Å². The molecular formula is C27H31N5O3. The average molecular weight is 474 g/mol. The summed E-state index contributed by atoms with van der Waals surface area (Å²) in [4.78, 5) is 37.9. The normalized spacial score (nSPS) is 15.3. The molecule has 0 aliphatic carbocycles. The molecule has 8 heteroatoms. The van der Waals surface area contributed by atoms with Crippen LogP contribution >= 0.6 is 0 Å². The second-order valence-electron chi connectivity index (χ2n) is 8.89. The van der Waals surface area contributed by atoms with Gasteiger partial charge in [0.05, 0.1) is 13.0 Å². The molecule has 1 unspecified atom stereocenters. The maximum atomic E-state index is 12.6. The van der Waals surface area contributed by atoms with Crippen molar-refractivity contribution in [2.75, 3.05) is 28.2 Å². The van der Waals surface area contributed by atoms with Gasteiger partial charge in [-0.25, -0.2) is 14.8 Å². The first kappa shape index (κ1) is 24.2. The van der Waals surface area contributed by atoms with Crippen molar-refractivity contribution in [2.45, 2.75) is 47.1 Å². The molecular weight excluding hydrogens is 442 g/mol. The molecule has 1 atom stereocenters. The van der Waals surface area contributed by atoms with Crippen molar-refractivity contribution < 1.29 is 14.3 Å². The summed E-state index contributed by atoms with van der Waals surface area (Å²) in [7, 11) is 0. The molecule has 2 heterocycles. The van der Waals surface area contributed by atoms with Gasteiger partial charge in [0.15, 0.2) is 0 Å². The Morgan fingerprint density at radius 1 is 1.06 bits per heavy atom. The lowest BCUT2D eigenvalue weighted by Crippen LogP contribution is -2.28. The van der Waals surface area contributed by atoms with Crippen LogP contribution in [0.25, 0.3) is 0 Å². The number of rotatable bonds is 6. The summed E-state index contributed by atoms with van der Waals surface area (Å²) in [5, 5.41) is 2.76. The fraction of sp³-hybridized carbons (Fsp3) is 0.333. The Labute approximate surface area is 205 Å². The van der Waals surface area contributed by atoms with Crippen molar-refractivity contribution in [3.63, 3.8) is 0 Å². The van der Waals surface area contributed by atoms with Gasteiger partial charge in [-0.2, -0.15) is 0 Å². The maximum Gasteiger partial charge on any atom is 0.411 e. The summed E-state index contributed by atoms with van der Waals surface area (Å²) in [5.41, 5.74) is 6.30. The van der Waals surface area contributed by atoms with Gasteiger partial charge in [0.2, 0.25) is 11.9 Å². The number of aryl methyl sites for hydroxylation is 4. The van der Waals surface area contributed by atoms with E-state index < -0.39 is 12.2 Å². The molecule has 3 aromatic rings. The summed E-state index contributed by atoms with van der Waals surface area (Å²) in [6.45, 7) is 10.9. The standard InChI is InChI=1S/C27H31N5O3/c1-6-31(26-28-19(4)14-20(5)29-26)22-11-9-21(10-12-22)30-27(34)35-23-15-25(33)32(16-23)24-13-17(2)7-8-18(24)3/h7-14,23H,6,15-16H2,1-5H3,(H,30,34). The molecule has 2 amide bonds.